The van der Waals surface area contributed by atoms with E-state index in [1.165, 1.54) is 36.2 Å². The fourth-order valence-electron chi connectivity index (χ4n) is 3.45. The van der Waals surface area contributed by atoms with Crippen LogP contribution in [0.1, 0.15) is 40.1 Å². The summed E-state index contributed by atoms with van der Waals surface area (Å²) in [6.07, 6.45) is 5.63. The highest BCUT2D eigenvalue weighted by Gasteiger charge is 2.21. The molecule has 3 heterocycles. The zero-order chi connectivity index (χ0) is 19.7. The standard InChI is InChI=1S/C21H24N4OS2/c1-13-7-8-15(11-14(13)2)22-19(26)17-12-16-18(25-9-5-4-6-10-25)23-21(27-3)24-20(16)28-17/h7-8,11-12H,4-6,9-10H2,1-3H3,(H,22,26). The van der Waals surface area contributed by atoms with Crippen molar-refractivity contribution in [2.24, 2.45) is 0 Å². The second-order valence-corrected chi connectivity index (χ2v) is 8.97. The number of thiophene rings is 1. The molecule has 0 atom stereocenters. The van der Waals surface area contributed by atoms with Crippen molar-refractivity contribution in [3.05, 3.63) is 40.3 Å². The SMILES string of the molecule is CSc1nc(N2CCCCC2)c2cc(C(=O)Nc3ccc(C)c(C)c3)sc2n1. The first-order valence-electron chi connectivity index (χ1n) is 9.54. The molecule has 1 fully saturated rings. The largest absolute Gasteiger partial charge is 0.356 e. The van der Waals surface area contributed by atoms with Gasteiger partial charge in [-0.1, -0.05) is 17.8 Å². The first kappa shape index (κ1) is 19.2. The number of rotatable bonds is 4. The molecule has 1 amide bonds. The highest BCUT2D eigenvalue weighted by Crippen LogP contribution is 2.34. The van der Waals surface area contributed by atoms with Crippen LogP contribution in [0.3, 0.4) is 0 Å². The number of thioether (sulfide) groups is 1. The molecule has 1 aliphatic heterocycles. The van der Waals surface area contributed by atoms with E-state index in [2.05, 4.69) is 29.0 Å². The quantitative estimate of drug-likeness (QED) is 0.467. The van der Waals surface area contributed by atoms with E-state index < -0.39 is 0 Å². The summed E-state index contributed by atoms with van der Waals surface area (Å²) in [6, 6.07) is 7.93. The number of piperidine rings is 1. The number of aromatic nitrogens is 2. The molecule has 5 nitrogen and oxygen atoms in total. The van der Waals surface area contributed by atoms with Gasteiger partial charge in [0, 0.05) is 18.8 Å². The van der Waals surface area contributed by atoms with Crippen LogP contribution in [0, 0.1) is 13.8 Å². The van der Waals surface area contributed by atoms with Crippen LogP contribution in [0.2, 0.25) is 0 Å². The average Bonchev–Trinajstić information content (AvgIpc) is 3.15. The number of benzene rings is 1. The van der Waals surface area contributed by atoms with Crippen molar-refractivity contribution in [1.29, 1.82) is 0 Å². The number of hydrogen-bond donors (Lipinski definition) is 1. The monoisotopic (exact) mass is 412 g/mol. The predicted octanol–water partition coefficient (Wildman–Crippen LogP) is 5.27. The second kappa shape index (κ2) is 8.09. The molecule has 1 aliphatic rings. The third-order valence-electron chi connectivity index (χ3n) is 5.18. The molecule has 7 heteroatoms. The Hall–Kier alpha value is -2.12. The highest BCUT2D eigenvalue weighted by molar-refractivity contribution is 7.98. The smallest absolute Gasteiger partial charge is 0.265 e. The molecular formula is C21H24N4OS2. The van der Waals surface area contributed by atoms with Gasteiger partial charge in [0.05, 0.1) is 10.3 Å². The number of nitrogens with one attached hydrogen (secondary N) is 1. The number of fused-ring (bicyclic) bond motifs is 1. The lowest BCUT2D eigenvalue weighted by Crippen LogP contribution is -2.30. The van der Waals surface area contributed by atoms with Gasteiger partial charge in [0.15, 0.2) is 5.16 Å². The van der Waals surface area contributed by atoms with Crippen LogP contribution in [-0.2, 0) is 0 Å². The van der Waals surface area contributed by atoms with Gasteiger partial charge in [-0.25, -0.2) is 9.97 Å². The summed E-state index contributed by atoms with van der Waals surface area (Å²) in [5.41, 5.74) is 3.20. The van der Waals surface area contributed by atoms with E-state index in [0.717, 1.165) is 45.5 Å². The van der Waals surface area contributed by atoms with Crippen molar-refractivity contribution < 1.29 is 4.79 Å². The summed E-state index contributed by atoms with van der Waals surface area (Å²) in [4.78, 5) is 26.2. The van der Waals surface area contributed by atoms with E-state index in [1.807, 2.05) is 30.5 Å². The van der Waals surface area contributed by atoms with Gasteiger partial charge < -0.3 is 10.2 Å². The molecule has 28 heavy (non-hydrogen) atoms. The highest BCUT2D eigenvalue weighted by atomic mass is 32.2. The van der Waals surface area contributed by atoms with Crippen LogP contribution in [-0.4, -0.2) is 35.2 Å². The van der Waals surface area contributed by atoms with Gasteiger partial charge in [-0.15, -0.1) is 11.3 Å². The molecule has 1 N–H and O–H groups in total. The van der Waals surface area contributed by atoms with Gasteiger partial charge in [-0.2, -0.15) is 0 Å². The molecule has 4 rings (SSSR count). The molecular weight excluding hydrogens is 388 g/mol. The van der Waals surface area contributed by atoms with Crippen molar-refractivity contribution in [2.45, 2.75) is 38.3 Å². The summed E-state index contributed by atoms with van der Waals surface area (Å²) in [5.74, 6) is 0.872. The maximum Gasteiger partial charge on any atom is 0.265 e. The van der Waals surface area contributed by atoms with Crippen LogP contribution in [0.25, 0.3) is 10.2 Å². The minimum absolute atomic E-state index is 0.0958. The molecule has 146 valence electrons. The van der Waals surface area contributed by atoms with Crippen LogP contribution < -0.4 is 10.2 Å². The zero-order valence-corrected chi connectivity index (χ0v) is 18.0. The molecule has 0 saturated carbocycles. The van der Waals surface area contributed by atoms with Crippen LogP contribution in [0.4, 0.5) is 11.5 Å². The lowest BCUT2D eigenvalue weighted by atomic mass is 10.1. The molecule has 1 aromatic carbocycles. The van der Waals surface area contributed by atoms with Crippen molar-refractivity contribution in [1.82, 2.24) is 9.97 Å². The van der Waals surface area contributed by atoms with E-state index in [1.54, 1.807) is 11.8 Å². The Morgan fingerprint density at radius 2 is 1.89 bits per heavy atom. The number of carbonyl (C=O) groups is 1. The van der Waals surface area contributed by atoms with Gasteiger partial charge in [-0.05, 0) is 68.7 Å². The number of hydrogen-bond acceptors (Lipinski definition) is 6. The summed E-state index contributed by atoms with van der Waals surface area (Å²) in [7, 11) is 0. The Balaban J connectivity index is 1.67. The molecule has 2 aromatic heterocycles. The number of amides is 1. The van der Waals surface area contributed by atoms with E-state index in [9.17, 15) is 4.79 Å². The predicted molar refractivity (Wildman–Crippen MR) is 119 cm³/mol. The Kier molecular flexibility index (Phi) is 5.55. The maximum absolute atomic E-state index is 12.9. The van der Waals surface area contributed by atoms with Gasteiger partial charge in [0.1, 0.15) is 10.6 Å². The average molecular weight is 413 g/mol. The first-order valence-corrected chi connectivity index (χ1v) is 11.6. The number of carbonyl (C=O) groups excluding carboxylic acids is 1. The summed E-state index contributed by atoms with van der Waals surface area (Å²) in [5, 5.41) is 4.76. The van der Waals surface area contributed by atoms with E-state index in [4.69, 9.17) is 4.98 Å². The summed E-state index contributed by atoms with van der Waals surface area (Å²) >= 11 is 2.98. The Morgan fingerprint density at radius 3 is 2.61 bits per heavy atom. The summed E-state index contributed by atoms with van der Waals surface area (Å²) in [6.45, 7) is 6.14. The van der Waals surface area contributed by atoms with E-state index in [-0.39, 0.29) is 5.91 Å². The normalized spacial score (nSPS) is 14.5. The van der Waals surface area contributed by atoms with E-state index in [0.29, 0.717) is 4.88 Å². The Labute approximate surface area is 173 Å². The van der Waals surface area contributed by atoms with Crippen molar-refractivity contribution in [3.63, 3.8) is 0 Å². The maximum atomic E-state index is 12.9. The number of nitrogens with zero attached hydrogens (tertiary/aromatic N) is 3. The minimum atomic E-state index is -0.0958. The van der Waals surface area contributed by atoms with Crippen molar-refractivity contribution in [3.8, 4) is 0 Å². The lowest BCUT2D eigenvalue weighted by molar-refractivity contribution is 0.103. The first-order chi connectivity index (χ1) is 13.5. The summed E-state index contributed by atoms with van der Waals surface area (Å²) < 4.78 is 0. The Morgan fingerprint density at radius 1 is 1.11 bits per heavy atom. The molecule has 0 bridgehead atoms. The van der Waals surface area contributed by atoms with Gasteiger partial charge >= 0.3 is 0 Å². The fraction of sp³-hybridized carbons (Fsp3) is 0.381. The van der Waals surface area contributed by atoms with Gasteiger partial charge in [-0.3, -0.25) is 4.79 Å². The molecule has 0 aliphatic carbocycles. The van der Waals surface area contributed by atoms with Gasteiger partial charge in [0.2, 0.25) is 0 Å². The van der Waals surface area contributed by atoms with E-state index >= 15 is 0 Å². The lowest BCUT2D eigenvalue weighted by Gasteiger charge is -2.28. The van der Waals surface area contributed by atoms with Crippen LogP contribution >= 0.6 is 23.1 Å². The number of aryl methyl sites for hydroxylation is 2. The molecule has 3 aromatic rings. The van der Waals surface area contributed by atoms with Crippen LogP contribution in [0.15, 0.2) is 29.4 Å². The van der Waals surface area contributed by atoms with Crippen molar-refractivity contribution >= 4 is 50.7 Å². The molecule has 1 saturated heterocycles. The second-order valence-electron chi connectivity index (χ2n) is 7.16. The minimum Gasteiger partial charge on any atom is -0.356 e. The molecule has 0 radical (unpaired) electrons. The topological polar surface area (TPSA) is 58.1 Å². The van der Waals surface area contributed by atoms with Crippen molar-refractivity contribution in [2.75, 3.05) is 29.6 Å². The molecule has 0 spiro atoms. The zero-order valence-electron chi connectivity index (χ0n) is 16.4. The molecule has 0 unspecified atom stereocenters. The van der Waals surface area contributed by atoms with Crippen LogP contribution in [0.5, 0.6) is 0 Å². The third-order valence-corrected chi connectivity index (χ3v) is 6.75. The third kappa shape index (κ3) is 3.86. The number of anilines is 2. The van der Waals surface area contributed by atoms with Gasteiger partial charge in [0.25, 0.3) is 5.91 Å². The Bertz CT molecular complexity index is 1020. The fourth-order valence-corrected chi connectivity index (χ4v) is 4.79.